The average Bonchev–Trinajstić information content (AvgIpc) is 3.62. The Bertz CT molecular complexity index is 1350. The predicted octanol–water partition coefficient (Wildman–Crippen LogP) is 4.23. The van der Waals surface area contributed by atoms with E-state index in [1.165, 1.54) is 32.7 Å². The summed E-state index contributed by atoms with van der Waals surface area (Å²) in [4.78, 5) is 27.2. The maximum atomic E-state index is 13.6. The van der Waals surface area contributed by atoms with Gasteiger partial charge in [-0.15, -0.1) is 30.6 Å². The number of hydrogen-bond donors (Lipinski definition) is 0. The van der Waals surface area contributed by atoms with Gasteiger partial charge >= 0.3 is 0 Å². The van der Waals surface area contributed by atoms with Crippen LogP contribution in [0.15, 0.2) is 70.9 Å². The number of anilines is 2. The van der Waals surface area contributed by atoms with Crippen LogP contribution in [0.5, 0.6) is 0 Å². The molecular weight excluding hydrogens is 496 g/mol. The highest BCUT2D eigenvalue weighted by Crippen LogP contribution is 2.29. The van der Waals surface area contributed by atoms with Crippen molar-refractivity contribution in [1.82, 2.24) is 20.4 Å². The van der Waals surface area contributed by atoms with Crippen LogP contribution < -0.4 is 10.0 Å². The van der Waals surface area contributed by atoms with Crippen molar-refractivity contribution in [1.29, 1.82) is 0 Å². The standard InChI is InChI=1S/C24H20N8O2S2/c1-3-17-25-27-23(35-17)31-21(19(33)15-11-7-5-8-12-15)30-32(24-28-26-18(4-2)36-24)22(29-31)20(34)16-13-9-6-10-14-16/h5-14H,3-4H2,1-2H3. The van der Waals surface area contributed by atoms with E-state index < -0.39 is 0 Å². The van der Waals surface area contributed by atoms with Crippen molar-refractivity contribution >= 4 is 56.2 Å². The highest BCUT2D eigenvalue weighted by molar-refractivity contribution is 7.16. The third-order valence-electron chi connectivity index (χ3n) is 5.15. The fraction of sp³-hybridized carbons (Fsp3) is 0.167. The zero-order valence-corrected chi connectivity index (χ0v) is 21.0. The summed E-state index contributed by atoms with van der Waals surface area (Å²) < 4.78 is 0. The lowest BCUT2D eigenvalue weighted by atomic mass is 10.1. The Balaban J connectivity index is 1.68. The Hall–Kier alpha value is -4.16. The largest absolute Gasteiger partial charge is 0.285 e. The molecule has 0 atom stereocenters. The van der Waals surface area contributed by atoms with Crippen LogP contribution in [0.1, 0.15) is 44.6 Å². The first-order valence-corrected chi connectivity index (χ1v) is 12.8. The number of amidine groups is 2. The number of aromatic nitrogens is 4. The minimum absolute atomic E-state index is 0.0298. The molecule has 5 rings (SSSR count). The van der Waals surface area contributed by atoms with E-state index in [1.807, 2.05) is 26.0 Å². The van der Waals surface area contributed by atoms with Gasteiger partial charge in [0.05, 0.1) is 0 Å². The summed E-state index contributed by atoms with van der Waals surface area (Å²) in [6.45, 7) is 3.92. The van der Waals surface area contributed by atoms with Gasteiger partial charge in [0.25, 0.3) is 0 Å². The van der Waals surface area contributed by atoms with Gasteiger partial charge in [0.1, 0.15) is 10.0 Å². The van der Waals surface area contributed by atoms with Gasteiger partial charge in [0, 0.05) is 11.1 Å². The van der Waals surface area contributed by atoms with E-state index in [1.54, 1.807) is 48.5 Å². The Morgan fingerprint density at radius 3 is 1.36 bits per heavy atom. The summed E-state index contributed by atoms with van der Waals surface area (Å²) >= 11 is 2.56. The number of hydrogen-bond acceptors (Lipinski definition) is 12. The second kappa shape index (κ2) is 10.2. The maximum Gasteiger partial charge on any atom is 0.235 e. The van der Waals surface area contributed by atoms with E-state index in [0.29, 0.717) is 34.2 Å². The molecule has 0 spiro atoms. The molecule has 3 heterocycles. The number of benzene rings is 2. The van der Waals surface area contributed by atoms with Crippen LogP contribution in [0.4, 0.5) is 10.3 Å². The fourth-order valence-electron chi connectivity index (χ4n) is 3.30. The van der Waals surface area contributed by atoms with Crippen molar-refractivity contribution in [2.75, 3.05) is 10.0 Å². The normalized spacial score (nSPS) is 13.4. The number of aryl methyl sites for hydroxylation is 2. The van der Waals surface area contributed by atoms with Crippen molar-refractivity contribution in [2.24, 2.45) is 10.2 Å². The van der Waals surface area contributed by atoms with Crippen LogP contribution in [0.3, 0.4) is 0 Å². The second-order valence-electron chi connectivity index (χ2n) is 7.52. The van der Waals surface area contributed by atoms with Crippen LogP contribution in [-0.2, 0) is 12.8 Å². The molecule has 12 heteroatoms. The first kappa shape index (κ1) is 23.6. The highest BCUT2D eigenvalue weighted by Gasteiger charge is 2.36. The van der Waals surface area contributed by atoms with Crippen molar-refractivity contribution in [3.05, 3.63) is 81.8 Å². The third-order valence-corrected chi connectivity index (χ3v) is 7.23. The van der Waals surface area contributed by atoms with E-state index in [-0.39, 0.29) is 23.2 Å². The number of hydrazone groups is 2. The lowest BCUT2D eigenvalue weighted by Gasteiger charge is -2.27. The van der Waals surface area contributed by atoms with Gasteiger partial charge in [-0.1, -0.05) is 97.2 Å². The van der Waals surface area contributed by atoms with Gasteiger partial charge in [0.2, 0.25) is 33.5 Å². The Labute approximate surface area is 214 Å². The quantitative estimate of drug-likeness (QED) is 0.319. The number of Topliss-reactive ketones (excluding diaryl/α,β-unsaturated/α-hetero) is 2. The molecule has 0 radical (unpaired) electrons. The SMILES string of the molecule is CCc1nnc(N2N=C(C(=O)c3ccccc3)N(c3nnc(CC)s3)N=C2C(=O)c2ccccc2)s1. The zero-order chi connectivity index (χ0) is 25.1. The monoisotopic (exact) mass is 516 g/mol. The lowest BCUT2D eigenvalue weighted by Crippen LogP contribution is -2.46. The summed E-state index contributed by atoms with van der Waals surface area (Å²) in [6, 6.07) is 17.5. The highest BCUT2D eigenvalue weighted by atomic mass is 32.1. The minimum atomic E-state index is -0.385. The molecule has 180 valence electrons. The molecule has 0 bridgehead atoms. The smallest absolute Gasteiger partial charge is 0.235 e. The molecule has 10 nitrogen and oxygen atoms in total. The topological polar surface area (TPSA) is 117 Å². The van der Waals surface area contributed by atoms with Gasteiger partial charge in [0.15, 0.2) is 0 Å². The summed E-state index contributed by atoms with van der Waals surface area (Å²) in [6.07, 6.45) is 1.33. The van der Waals surface area contributed by atoms with Gasteiger partial charge < -0.3 is 0 Å². The van der Waals surface area contributed by atoms with Crippen LogP contribution in [-0.4, -0.2) is 43.6 Å². The second-order valence-corrected chi connectivity index (χ2v) is 9.61. The molecule has 0 saturated carbocycles. The van der Waals surface area contributed by atoms with Crippen molar-refractivity contribution < 1.29 is 9.59 Å². The van der Waals surface area contributed by atoms with E-state index in [4.69, 9.17) is 0 Å². The third kappa shape index (κ3) is 4.55. The molecule has 0 aliphatic carbocycles. The van der Waals surface area contributed by atoms with Crippen LogP contribution in [0.2, 0.25) is 0 Å². The van der Waals surface area contributed by atoms with Crippen molar-refractivity contribution in [3.8, 4) is 0 Å². The van der Waals surface area contributed by atoms with E-state index in [2.05, 4.69) is 30.6 Å². The summed E-state index contributed by atoms with van der Waals surface area (Å²) in [7, 11) is 0. The fourth-order valence-corrected chi connectivity index (χ4v) is 4.77. The average molecular weight is 517 g/mol. The Morgan fingerprint density at radius 1 is 0.639 bits per heavy atom. The Kier molecular flexibility index (Phi) is 6.69. The molecule has 2 aromatic carbocycles. The summed E-state index contributed by atoms with van der Waals surface area (Å²) in [5, 5.41) is 30.8. The van der Waals surface area contributed by atoms with Gasteiger partial charge in [-0.05, 0) is 12.8 Å². The molecule has 2 aromatic heterocycles. The van der Waals surface area contributed by atoms with Crippen LogP contribution >= 0.6 is 22.7 Å². The molecule has 0 N–H and O–H groups in total. The molecule has 0 fully saturated rings. The van der Waals surface area contributed by atoms with E-state index in [0.717, 1.165) is 10.0 Å². The van der Waals surface area contributed by atoms with Crippen molar-refractivity contribution in [3.63, 3.8) is 0 Å². The molecule has 36 heavy (non-hydrogen) atoms. The first-order chi connectivity index (χ1) is 17.6. The van der Waals surface area contributed by atoms with E-state index >= 15 is 0 Å². The number of carbonyl (C=O) groups is 2. The predicted molar refractivity (Wildman–Crippen MR) is 140 cm³/mol. The molecule has 4 aromatic rings. The van der Waals surface area contributed by atoms with Gasteiger partial charge in [-0.25, -0.2) is 0 Å². The minimum Gasteiger partial charge on any atom is -0.285 e. The first-order valence-electron chi connectivity index (χ1n) is 11.2. The lowest BCUT2D eigenvalue weighted by molar-refractivity contribution is 0.105. The van der Waals surface area contributed by atoms with Crippen LogP contribution in [0, 0.1) is 0 Å². The molecule has 0 amide bonds. The molecule has 0 unspecified atom stereocenters. The Morgan fingerprint density at radius 2 is 1.03 bits per heavy atom. The molecule has 1 aliphatic heterocycles. The maximum absolute atomic E-state index is 13.6. The molecule has 1 aliphatic rings. The summed E-state index contributed by atoms with van der Waals surface area (Å²) in [5.41, 5.74) is 0.835. The van der Waals surface area contributed by atoms with Gasteiger partial charge in [-0.3, -0.25) is 9.59 Å². The number of nitrogens with zero attached hydrogens (tertiary/aromatic N) is 8. The number of carbonyl (C=O) groups excluding carboxylic acids is 2. The number of ketones is 2. The molecule has 0 saturated heterocycles. The number of rotatable bonds is 8. The van der Waals surface area contributed by atoms with E-state index in [9.17, 15) is 9.59 Å². The van der Waals surface area contributed by atoms with Crippen molar-refractivity contribution in [2.45, 2.75) is 26.7 Å². The van der Waals surface area contributed by atoms with Gasteiger partial charge in [-0.2, -0.15) is 10.0 Å². The van der Waals surface area contributed by atoms with Crippen LogP contribution in [0.25, 0.3) is 0 Å². The molecular formula is C24H20N8O2S2. The zero-order valence-electron chi connectivity index (χ0n) is 19.4. The summed E-state index contributed by atoms with van der Waals surface area (Å²) in [5.74, 6) is -0.830.